The zero-order valence-corrected chi connectivity index (χ0v) is 14.6. The average molecular weight is 326 g/mol. The minimum atomic E-state index is -0.372. The van der Waals surface area contributed by atoms with Crippen LogP contribution >= 0.6 is 0 Å². The van der Waals surface area contributed by atoms with Crippen LogP contribution in [0.4, 0.5) is 0 Å². The summed E-state index contributed by atoms with van der Waals surface area (Å²) in [4.78, 5) is 0. The van der Waals surface area contributed by atoms with Crippen molar-refractivity contribution < 1.29 is 5.11 Å². The van der Waals surface area contributed by atoms with Gasteiger partial charge in [0.2, 0.25) is 0 Å². The summed E-state index contributed by atoms with van der Waals surface area (Å²) in [5.74, 6) is 1.22. The Morgan fingerprint density at radius 3 is 2.92 bits per heavy atom. The van der Waals surface area contributed by atoms with Crippen LogP contribution in [-0.2, 0) is 12.8 Å². The van der Waals surface area contributed by atoms with Crippen molar-refractivity contribution in [3.05, 3.63) is 47.0 Å². The van der Waals surface area contributed by atoms with Gasteiger partial charge in [0.15, 0.2) is 0 Å². The monoisotopic (exact) mass is 326 g/mol. The van der Waals surface area contributed by atoms with Crippen LogP contribution in [0, 0.1) is 11.3 Å². The number of aliphatic hydroxyl groups is 1. The molecule has 0 aromatic heterocycles. The first-order valence-electron chi connectivity index (χ1n) is 9.23. The molecule has 3 heteroatoms. The summed E-state index contributed by atoms with van der Waals surface area (Å²) in [5, 5.41) is 16.7. The van der Waals surface area contributed by atoms with Gasteiger partial charge in [-0.3, -0.25) is 0 Å². The number of aryl methyl sites for hydroxylation is 1. The second kappa shape index (κ2) is 7.20. The number of hydrogen-bond donors (Lipinski definition) is 3. The van der Waals surface area contributed by atoms with Gasteiger partial charge in [0.25, 0.3) is 0 Å². The van der Waals surface area contributed by atoms with Crippen LogP contribution in [0.5, 0.6) is 0 Å². The van der Waals surface area contributed by atoms with Crippen molar-refractivity contribution >= 4 is 6.21 Å². The summed E-state index contributed by atoms with van der Waals surface area (Å²) < 4.78 is 0. The van der Waals surface area contributed by atoms with Gasteiger partial charge in [-0.15, -0.1) is 0 Å². The molecular formula is C21H30N2O. The highest BCUT2D eigenvalue weighted by Crippen LogP contribution is 2.40. The molecule has 1 fully saturated rings. The maximum absolute atomic E-state index is 9.47. The van der Waals surface area contributed by atoms with Crippen molar-refractivity contribution in [2.24, 2.45) is 11.7 Å². The Hall–Kier alpha value is -1.45. The van der Waals surface area contributed by atoms with Crippen LogP contribution in [0.25, 0.3) is 0 Å². The molecule has 24 heavy (non-hydrogen) atoms. The fourth-order valence-corrected chi connectivity index (χ4v) is 4.40. The maximum Gasteiger partial charge on any atom is 0.0611 e. The Morgan fingerprint density at radius 1 is 1.38 bits per heavy atom. The van der Waals surface area contributed by atoms with E-state index in [1.54, 1.807) is 0 Å². The van der Waals surface area contributed by atoms with Crippen LogP contribution in [-0.4, -0.2) is 23.5 Å². The maximum atomic E-state index is 9.47. The summed E-state index contributed by atoms with van der Waals surface area (Å²) >= 11 is 0. The molecule has 4 N–H and O–H groups in total. The van der Waals surface area contributed by atoms with E-state index >= 15 is 0 Å². The van der Waals surface area contributed by atoms with Gasteiger partial charge in [-0.2, -0.15) is 0 Å². The van der Waals surface area contributed by atoms with Gasteiger partial charge in [-0.25, -0.2) is 0 Å². The van der Waals surface area contributed by atoms with Gasteiger partial charge in [-0.1, -0.05) is 24.8 Å². The highest BCUT2D eigenvalue weighted by molar-refractivity contribution is 5.74. The fraction of sp³-hybridized carbons (Fsp3) is 0.571. The molecule has 0 bridgehead atoms. The zero-order valence-electron chi connectivity index (χ0n) is 14.6. The fourth-order valence-electron chi connectivity index (χ4n) is 4.40. The van der Waals surface area contributed by atoms with Crippen molar-refractivity contribution in [2.75, 3.05) is 6.61 Å². The van der Waals surface area contributed by atoms with E-state index in [9.17, 15) is 5.11 Å². The third-order valence-electron chi connectivity index (χ3n) is 6.07. The van der Waals surface area contributed by atoms with Crippen LogP contribution < -0.4 is 5.73 Å². The van der Waals surface area contributed by atoms with E-state index in [2.05, 4.69) is 24.8 Å². The minimum absolute atomic E-state index is 0.0944. The topological polar surface area (TPSA) is 70.1 Å². The summed E-state index contributed by atoms with van der Waals surface area (Å²) in [6.45, 7) is 4.00. The summed E-state index contributed by atoms with van der Waals surface area (Å²) in [7, 11) is 0. The molecule has 2 aliphatic carbocycles. The molecule has 0 amide bonds. The average Bonchev–Trinajstić information content (AvgIpc) is 3.02. The predicted octanol–water partition coefficient (Wildman–Crippen LogP) is 3.73. The number of nitrogens with two attached hydrogens (primary N) is 1. The highest BCUT2D eigenvalue weighted by Gasteiger charge is 2.36. The molecule has 1 aromatic rings. The van der Waals surface area contributed by atoms with E-state index in [-0.39, 0.29) is 12.1 Å². The van der Waals surface area contributed by atoms with Gasteiger partial charge < -0.3 is 16.2 Å². The first-order chi connectivity index (χ1) is 11.5. The Kier molecular flexibility index (Phi) is 5.21. The summed E-state index contributed by atoms with van der Waals surface area (Å²) in [5.41, 5.74) is 11.2. The number of hydrogen-bond acceptors (Lipinski definition) is 3. The minimum Gasteiger partial charge on any atom is -0.394 e. The van der Waals surface area contributed by atoms with Crippen molar-refractivity contribution in [1.82, 2.24) is 0 Å². The van der Waals surface area contributed by atoms with Gasteiger partial charge in [0.1, 0.15) is 0 Å². The first kappa shape index (κ1) is 17.4. The van der Waals surface area contributed by atoms with Crippen LogP contribution in [0.1, 0.15) is 61.1 Å². The molecular weight excluding hydrogens is 296 g/mol. The third kappa shape index (κ3) is 3.79. The lowest BCUT2D eigenvalue weighted by Crippen LogP contribution is -2.40. The van der Waals surface area contributed by atoms with E-state index < -0.39 is 0 Å². The lowest BCUT2D eigenvalue weighted by atomic mass is 9.79. The number of allylic oxidation sites excluding steroid dienone is 1. The molecule has 1 saturated carbocycles. The Labute approximate surface area is 145 Å². The predicted molar refractivity (Wildman–Crippen MR) is 99.7 cm³/mol. The summed E-state index contributed by atoms with van der Waals surface area (Å²) in [6, 6.07) is 7.00. The number of benzene rings is 1. The van der Waals surface area contributed by atoms with Crippen LogP contribution in [0.3, 0.4) is 0 Å². The van der Waals surface area contributed by atoms with Gasteiger partial charge in [-0.05, 0) is 85.5 Å². The van der Waals surface area contributed by atoms with Crippen molar-refractivity contribution in [1.29, 1.82) is 5.41 Å². The van der Waals surface area contributed by atoms with Crippen molar-refractivity contribution in [2.45, 2.75) is 62.8 Å². The quantitative estimate of drug-likeness (QED) is 0.697. The lowest BCUT2D eigenvalue weighted by Gasteiger charge is -2.26. The molecule has 3 nitrogen and oxygen atoms in total. The molecule has 0 spiro atoms. The van der Waals surface area contributed by atoms with E-state index in [1.165, 1.54) is 29.3 Å². The third-order valence-corrected chi connectivity index (χ3v) is 6.07. The van der Waals surface area contributed by atoms with Gasteiger partial charge >= 0.3 is 0 Å². The number of nitrogens with one attached hydrogen (secondary N) is 1. The Morgan fingerprint density at radius 2 is 2.21 bits per heavy atom. The second-order valence-electron chi connectivity index (χ2n) is 7.94. The molecule has 0 unspecified atom stereocenters. The molecule has 3 atom stereocenters. The number of rotatable bonds is 6. The van der Waals surface area contributed by atoms with Crippen LogP contribution in [0.2, 0.25) is 0 Å². The number of aliphatic hydroxyl groups excluding tert-OH is 1. The molecule has 130 valence electrons. The van der Waals surface area contributed by atoms with Gasteiger partial charge in [0, 0.05) is 11.8 Å². The highest BCUT2D eigenvalue weighted by atomic mass is 16.3. The van der Waals surface area contributed by atoms with Gasteiger partial charge in [0.05, 0.1) is 6.61 Å². The number of fused-ring (bicyclic) bond motifs is 1. The molecule has 0 saturated heterocycles. The Bertz CT molecular complexity index is 624. The molecule has 3 rings (SSSR count). The summed E-state index contributed by atoms with van der Waals surface area (Å²) in [6.07, 6.45) is 9.94. The zero-order chi connectivity index (χ0) is 17.2. The molecule has 1 aromatic carbocycles. The van der Waals surface area contributed by atoms with Crippen LogP contribution in [0.15, 0.2) is 30.4 Å². The molecule has 0 heterocycles. The molecule has 2 aliphatic rings. The SMILES string of the molecule is C=C(C=N)CC[C@@H]1CCc2cc([C@H]3CC[C@](N)(CO)C3)ccc2C1. The normalized spacial score (nSPS) is 29.2. The van der Waals surface area contributed by atoms with E-state index in [1.807, 2.05) is 0 Å². The Balaban J connectivity index is 1.64. The second-order valence-corrected chi connectivity index (χ2v) is 7.94. The van der Waals surface area contributed by atoms with Crippen molar-refractivity contribution in [3.8, 4) is 0 Å². The van der Waals surface area contributed by atoms with Crippen molar-refractivity contribution in [3.63, 3.8) is 0 Å². The molecule has 0 aliphatic heterocycles. The lowest BCUT2D eigenvalue weighted by molar-refractivity contribution is 0.198. The van der Waals surface area contributed by atoms with E-state index in [0.29, 0.717) is 5.92 Å². The smallest absolute Gasteiger partial charge is 0.0611 e. The van der Waals surface area contributed by atoms with E-state index in [4.69, 9.17) is 11.1 Å². The standard InChI is InChI=1S/C21H30N2O/c1-15(13-22)2-3-16-4-5-18-11-19(7-6-17(18)10-16)20-8-9-21(23,12-20)14-24/h6-7,11,13,16,20,22,24H,1-5,8-10,12,14,23H2/t16-,20+,21-/m1/s1. The van der Waals surface area contributed by atoms with E-state index in [0.717, 1.165) is 56.4 Å². The largest absolute Gasteiger partial charge is 0.394 e. The molecule has 0 radical (unpaired) electrons. The first-order valence-corrected chi connectivity index (χ1v) is 9.23.